The van der Waals surface area contributed by atoms with Crippen molar-refractivity contribution in [1.29, 1.82) is 0 Å². The number of carbonyl (C=O) groups excluding carboxylic acids is 1. The van der Waals surface area contributed by atoms with Crippen LogP contribution in [0.1, 0.15) is 12.5 Å². The number of benzene rings is 2. The van der Waals surface area contributed by atoms with Gasteiger partial charge < -0.3 is 24.3 Å². The molecule has 0 spiro atoms. The normalized spacial score (nSPS) is 13.4. The van der Waals surface area contributed by atoms with Crippen molar-refractivity contribution in [3.8, 4) is 23.0 Å². The Balaban J connectivity index is 1.66. The number of carbonyl (C=O) groups is 1. The van der Waals surface area contributed by atoms with Crippen LogP contribution in [0.2, 0.25) is 0 Å². The monoisotopic (exact) mass is 372 g/mol. The Bertz CT molecular complexity index is 824. The first-order chi connectivity index (χ1) is 13.0. The summed E-state index contributed by atoms with van der Waals surface area (Å²) < 4.78 is 21.3. The number of hydrogen-bond donors (Lipinski definition) is 1. The summed E-state index contributed by atoms with van der Waals surface area (Å²) in [5.74, 6) is 2.57. The molecule has 1 heterocycles. The molecule has 144 valence electrons. The van der Waals surface area contributed by atoms with Crippen LogP contribution in [0.4, 0.5) is 5.69 Å². The predicted molar refractivity (Wildman–Crippen MR) is 102 cm³/mol. The van der Waals surface area contributed by atoms with Gasteiger partial charge in [-0.3, -0.25) is 9.69 Å². The minimum atomic E-state index is -0.355. The zero-order valence-electron chi connectivity index (χ0n) is 15.9. The van der Waals surface area contributed by atoms with Crippen LogP contribution in [0.3, 0.4) is 0 Å². The number of ether oxygens (including phenoxy) is 4. The van der Waals surface area contributed by atoms with Crippen LogP contribution in [0.15, 0.2) is 36.4 Å². The molecule has 0 aromatic heterocycles. The van der Waals surface area contributed by atoms with Crippen molar-refractivity contribution < 1.29 is 23.7 Å². The summed E-state index contributed by atoms with van der Waals surface area (Å²) in [4.78, 5) is 14.7. The van der Waals surface area contributed by atoms with Crippen LogP contribution in [0.5, 0.6) is 23.0 Å². The summed E-state index contributed by atoms with van der Waals surface area (Å²) >= 11 is 0. The van der Waals surface area contributed by atoms with Gasteiger partial charge in [-0.15, -0.1) is 0 Å². The zero-order valence-corrected chi connectivity index (χ0v) is 15.9. The number of likely N-dealkylation sites (N-methyl/N-ethyl adjacent to an activating group) is 1. The lowest BCUT2D eigenvalue weighted by Crippen LogP contribution is -2.39. The second kappa shape index (κ2) is 8.18. The lowest BCUT2D eigenvalue weighted by molar-refractivity contribution is -0.120. The maximum atomic E-state index is 12.7. The Hall–Kier alpha value is -2.93. The molecule has 0 saturated carbocycles. The molecule has 0 saturated heterocycles. The largest absolute Gasteiger partial charge is 0.497 e. The summed E-state index contributed by atoms with van der Waals surface area (Å²) in [5, 5.41) is 2.91. The Morgan fingerprint density at radius 2 is 1.93 bits per heavy atom. The molecule has 0 unspecified atom stereocenters. The Kier molecular flexibility index (Phi) is 5.71. The molecule has 0 bridgehead atoms. The SMILES string of the molecule is COc1ccc(OC)c(NC(=O)[C@H](C)N(C)Cc2ccc3c(c2)OCO3)c1. The van der Waals surface area contributed by atoms with Crippen molar-refractivity contribution in [2.75, 3.05) is 33.4 Å². The van der Waals surface area contributed by atoms with Gasteiger partial charge in [-0.05, 0) is 43.8 Å². The number of methoxy groups -OCH3 is 2. The number of fused-ring (bicyclic) bond motifs is 1. The first-order valence-electron chi connectivity index (χ1n) is 8.63. The molecule has 0 radical (unpaired) electrons. The van der Waals surface area contributed by atoms with E-state index in [1.165, 1.54) is 0 Å². The van der Waals surface area contributed by atoms with E-state index in [9.17, 15) is 4.79 Å². The maximum absolute atomic E-state index is 12.7. The quantitative estimate of drug-likeness (QED) is 0.806. The third-order valence-electron chi connectivity index (χ3n) is 4.57. The maximum Gasteiger partial charge on any atom is 0.241 e. The molecule has 7 heteroatoms. The van der Waals surface area contributed by atoms with Crippen molar-refractivity contribution in [2.24, 2.45) is 0 Å². The lowest BCUT2D eigenvalue weighted by atomic mass is 10.1. The minimum Gasteiger partial charge on any atom is -0.497 e. The van der Waals surface area contributed by atoms with Gasteiger partial charge in [0.05, 0.1) is 25.9 Å². The van der Waals surface area contributed by atoms with Gasteiger partial charge in [0.25, 0.3) is 0 Å². The second-order valence-corrected chi connectivity index (χ2v) is 6.33. The average Bonchev–Trinajstić information content (AvgIpc) is 3.15. The number of amides is 1. The Morgan fingerprint density at radius 3 is 2.67 bits per heavy atom. The summed E-state index contributed by atoms with van der Waals surface area (Å²) in [5.41, 5.74) is 1.62. The zero-order chi connectivity index (χ0) is 19.4. The first kappa shape index (κ1) is 18.8. The molecule has 2 aromatic carbocycles. The molecular formula is C20H24N2O5. The minimum absolute atomic E-state index is 0.134. The molecule has 1 amide bonds. The van der Waals surface area contributed by atoms with Crippen LogP contribution in [-0.2, 0) is 11.3 Å². The van der Waals surface area contributed by atoms with E-state index in [0.717, 1.165) is 17.1 Å². The van der Waals surface area contributed by atoms with Crippen LogP contribution < -0.4 is 24.3 Å². The van der Waals surface area contributed by atoms with Crippen molar-refractivity contribution in [2.45, 2.75) is 19.5 Å². The molecule has 2 aromatic rings. The molecule has 0 fully saturated rings. The van der Waals surface area contributed by atoms with Gasteiger partial charge in [0.15, 0.2) is 11.5 Å². The number of nitrogens with one attached hydrogen (secondary N) is 1. The van der Waals surface area contributed by atoms with Crippen LogP contribution in [0, 0.1) is 0 Å². The average molecular weight is 372 g/mol. The van der Waals surface area contributed by atoms with Gasteiger partial charge in [-0.25, -0.2) is 0 Å². The smallest absolute Gasteiger partial charge is 0.241 e. The highest BCUT2D eigenvalue weighted by Crippen LogP contribution is 2.33. The van der Waals surface area contributed by atoms with Crippen molar-refractivity contribution in [3.05, 3.63) is 42.0 Å². The highest BCUT2D eigenvalue weighted by Gasteiger charge is 2.21. The summed E-state index contributed by atoms with van der Waals surface area (Å²) in [6.07, 6.45) is 0. The summed E-state index contributed by atoms with van der Waals surface area (Å²) in [7, 11) is 5.04. The predicted octanol–water partition coefficient (Wildman–Crippen LogP) is 2.89. The van der Waals surface area contributed by atoms with Crippen LogP contribution in [0.25, 0.3) is 0 Å². The molecule has 27 heavy (non-hydrogen) atoms. The summed E-state index contributed by atoms with van der Waals surface area (Å²) in [6.45, 7) is 2.70. The van der Waals surface area contributed by atoms with Gasteiger partial charge in [0, 0.05) is 12.6 Å². The molecule has 1 N–H and O–H groups in total. The molecular weight excluding hydrogens is 348 g/mol. The first-order valence-corrected chi connectivity index (χ1v) is 8.63. The van der Waals surface area contributed by atoms with Gasteiger partial charge in [0.2, 0.25) is 12.7 Å². The van der Waals surface area contributed by atoms with Crippen LogP contribution in [-0.4, -0.2) is 44.9 Å². The Labute approximate surface area is 158 Å². The summed E-state index contributed by atoms with van der Waals surface area (Å²) in [6, 6.07) is 10.7. The van der Waals surface area contributed by atoms with Crippen LogP contribution >= 0.6 is 0 Å². The third-order valence-corrected chi connectivity index (χ3v) is 4.57. The van der Waals surface area contributed by atoms with Crippen molar-refractivity contribution >= 4 is 11.6 Å². The molecule has 1 aliphatic rings. The van der Waals surface area contributed by atoms with Gasteiger partial charge in [0.1, 0.15) is 11.5 Å². The van der Waals surface area contributed by atoms with E-state index in [1.807, 2.05) is 37.1 Å². The van der Waals surface area contributed by atoms with E-state index in [2.05, 4.69) is 5.32 Å². The number of anilines is 1. The van der Waals surface area contributed by atoms with E-state index in [1.54, 1.807) is 32.4 Å². The van der Waals surface area contributed by atoms with E-state index in [4.69, 9.17) is 18.9 Å². The van der Waals surface area contributed by atoms with E-state index in [-0.39, 0.29) is 18.7 Å². The van der Waals surface area contributed by atoms with Gasteiger partial charge in [-0.2, -0.15) is 0 Å². The molecule has 7 nitrogen and oxygen atoms in total. The topological polar surface area (TPSA) is 69.3 Å². The lowest BCUT2D eigenvalue weighted by Gasteiger charge is -2.24. The highest BCUT2D eigenvalue weighted by molar-refractivity contribution is 5.96. The molecule has 3 rings (SSSR count). The Morgan fingerprint density at radius 1 is 1.15 bits per heavy atom. The van der Waals surface area contributed by atoms with Gasteiger partial charge in [-0.1, -0.05) is 6.07 Å². The van der Waals surface area contributed by atoms with E-state index < -0.39 is 0 Å². The highest BCUT2D eigenvalue weighted by atomic mass is 16.7. The second-order valence-electron chi connectivity index (χ2n) is 6.33. The van der Waals surface area contributed by atoms with Crippen molar-refractivity contribution in [1.82, 2.24) is 4.90 Å². The fraction of sp³-hybridized carbons (Fsp3) is 0.350. The third kappa shape index (κ3) is 4.25. The fourth-order valence-corrected chi connectivity index (χ4v) is 2.81. The van der Waals surface area contributed by atoms with Gasteiger partial charge >= 0.3 is 0 Å². The number of rotatable bonds is 7. The number of nitrogens with zero attached hydrogens (tertiary/aromatic N) is 1. The fourth-order valence-electron chi connectivity index (χ4n) is 2.81. The molecule has 1 aliphatic heterocycles. The van der Waals surface area contributed by atoms with E-state index >= 15 is 0 Å². The van der Waals surface area contributed by atoms with E-state index in [0.29, 0.717) is 23.7 Å². The molecule has 0 aliphatic carbocycles. The standard InChI is InChI=1S/C20H24N2O5/c1-13(20(23)21-16-10-15(24-3)6-8-17(16)25-4)22(2)11-14-5-7-18-19(9-14)27-12-26-18/h5-10,13H,11-12H2,1-4H3,(H,21,23)/t13-/m0/s1. The van der Waals surface area contributed by atoms with Crippen molar-refractivity contribution in [3.63, 3.8) is 0 Å². The molecule has 1 atom stereocenters. The number of hydrogen-bond acceptors (Lipinski definition) is 6.